The Balaban J connectivity index is 2.14. The van der Waals surface area contributed by atoms with E-state index in [9.17, 15) is 13.6 Å². The molecule has 0 fully saturated rings. The molecule has 0 spiro atoms. The van der Waals surface area contributed by atoms with Gasteiger partial charge in [-0.05, 0) is 43.0 Å². The van der Waals surface area contributed by atoms with Gasteiger partial charge in [-0.15, -0.1) is 0 Å². The molecule has 0 saturated carbocycles. The van der Waals surface area contributed by atoms with E-state index in [0.717, 1.165) is 11.1 Å². The summed E-state index contributed by atoms with van der Waals surface area (Å²) in [5.41, 5.74) is 2.18. The number of aryl methyl sites for hydroxylation is 3. The Bertz CT molecular complexity index is 647. The Hall–Kier alpha value is -2.03. The largest absolute Gasteiger partial charge is 0.294 e. The molecule has 104 valence electrons. The number of hydrogen-bond donors (Lipinski definition) is 0. The number of rotatable bonds is 4. The van der Waals surface area contributed by atoms with Gasteiger partial charge in [0.1, 0.15) is 0 Å². The molecule has 0 bridgehead atoms. The first kappa shape index (κ1) is 14.4. The molecule has 0 aliphatic rings. The highest BCUT2D eigenvalue weighted by Crippen LogP contribution is 2.18. The fraction of sp³-hybridized carbons (Fsp3) is 0.235. The highest BCUT2D eigenvalue weighted by atomic mass is 19.2. The van der Waals surface area contributed by atoms with Crippen LogP contribution < -0.4 is 0 Å². The smallest absolute Gasteiger partial charge is 0.169 e. The van der Waals surface area contributed by atoms with Gasteiger partial charge in [0.15, 0.2) is 17.4 Å². The van der Waals surface area contributed by atoms with Gasteiger partial charge in [0, 0.05) is 6.42 Å². The van der Waals surface area contributed by atoms with Crippen LogP contribution in [-0.2, 0) is 6.42 Å². The second kappa shape index (κ2) is 5.95. The summed E-state index contributed by atoms with van der Waals surface area (Å²) in [6.07, 6.45) is 0.699. The minimum absolute atomic E-state index is 0.165. The van der Waals surface area contributed by atoms with Crippen molar-refractivity contribution in [3.05, 3.63) is 70.3 Å². The van der Waals surface area contributed by atoms with Crippen molar-refractivity contribution in [3.8, 4) is 0 Å². The summed E-state index contributed by atoms with van der Waals surface area (Å²) in [5.74, 6) is -2.35. The van der Waals surface area contributed by atoms with E-state index in [1.54, 1.807) is 0 Å². The van der Waals surface area contributed by atoms with Crippen LogP contribution in [0.5, 0.6) is 0 Å². The van der Waals surface area contributed by atoms with Crippen LogP contribution in [0.3, 0.4) is 0 Å². The van der Waals surface area contributed by atoms with E-state index < -0.39 is 11.6 Å². The van der Waals surface area contributed by atoms with Crippen molar-refractivity contribution in [3.63, 3.8) is 0 Å². The summed E-state index contributed by atoms with van der Waals surface area (Å²) in [6, 6.07) is 10.5. The van der Waals surface area contributed by atoms with Gasteiger partial charge in [-0.1, -0.05) is 30.3 Å². The maximum atomic E-state index is 13.7. The Kier molecular flexibility index (Phi) is 4.28. The summed E-state index contributed by atoms with van der Waals surface area (Å²) in [5, 5.41) is 0. The summed E-state index contributed by atoms with van der Waals surface area (Å²) in [7, 11) is 0. The molecular weight excluding hydrogens is 258 g/mol. The van der Waals surface area contributed by atoms with E-state index >= 15 is 0 Å². The zero-order valence-corrected chi connectivity index (χ0v) is 11.5. The van der Waals surface area contributed by atoms with Gasteiger partial charge in [0.2, 0.25) is 0 Å². The molecular formula is C17H16F2O. The minimum atomic E-state index is -1.04. The molecule has 2 rings (SSSR count). The van der Waals surface area contributed by atoms with Crippen molar-refractivity contribution in [1.29, 1.82) is 0 Å². The molecule has 3 heteroatoms. The number of benzene rings is 2. The molecule has 0 radical (unpaired) electrons. The van der Waals surface area contributed by atoms with Crippen LogP contribution in [0.25, 0.3) is 0 Å². The van der Waals surface area contributed by atoms with Crippen molar-refractivity contribution < 1.29 is 13.6 Å². The normalized spacial score (nSPS) is 10.6. The molecule has 0 aliphatic heterocycles. The minimum Gasteiger partial charge on any atom is -0.294 e. The van der Waals surface area contributed by atoms with Crippen molar-refractivity contribution in [2.45, 2.75) is 26.7 Å². The maximum Gasteiger partial charge on any atom is 0.169 e. The van der Waals surface area contributed by atoms with E-state index in [2.05, 4.69) is 0 Å². The number of halogens is 2. The van der Waals surface area contributed by atoms with E-state index in [1.165, 1.54) is 19.1 Å². The SMILES string of the molecule is Cc1ccccc1CCC(=O)c1ccc(C)c(F)c1F. The monoisotopic (exact) mass is 274 g/mol. The zero-order valence-electron chi connectivity index (χ0n) is 11.5. The standard InChI is InChI=1S/C17H16F2O/c1-11-5-3-4-6-13(11)8-10-15(20)14-9-7-12(2)16(18)17(14)19/h3-7,9H,8,10H2,1-2H3. The molecule has 2 aromatic carbocycles. The maximum absolute atomic E-state index is 13.7. The Morgan fingerprint density at radius 1 is 0.950 bits per heavy atom. The molecule has 2 aromatic rings. The first-order valence-electron chi connectivity index (χ1n) is 6.53. The molecule has 0 unspecified atom stereocenters. The Morgan fingerprint density at radius 2 is 1.65 bits per heavy atom. The number of carbonyl (C=O) groups excluding carboxylic acids is 1. The summed E-state index contributed by atoms with van der Waals surface area (Å²) >= 11 is 0. The first-order chi connectivity index (χ1) is 9.50. The predicted molar refractivity (Wildman–Crippen MR) is 74.9 cm³/mol. The molecule has 0 heterocycles. The predicted octanol–water partition coefficient (Wildman–Crippen LogP) is 4.40. The number of ketones is 1. The van der Waals surface area contributed by atoms with Crippen LogP contribution in [0.1, 0.15) is 33.5 Å². The average molecular weight is 274 g/mol. The molecule has 0 N–H and O–H groups in total. The van der Waals surface area contributed by atoms with Crippen LogP contribution in [0.4, 0.5) is 8.78 Å². The van der Waals surface area contributed by atoms with Gasteiger partial charge in [0.05, 0.1) is 5.56 Å². The third kappa shape index (κ3) is 2.93. The third-order valence-electron chi connectivity index (χ3n) is 3.46. The van der Waals surface area contributed by atoms with Crippen LogP contribution >= 0.6 is 0 Å². The molecule has 0 amide bonds. The topological polar surface area (TPSA) is 17.1 Å². The molecule has 0 atom stereocenters. The van der Waals surface area contributed by atoms with Crippen molar-refractivity contribution in [1.82, 2.24) is 0 Å². The lowest BCUT2D eigenvalue weighted by molar-refractivity contribution is 0.0978. The van der Waals surface area contributed by atoms with Crippen molar-refractivity contribution in [2.24, 2.45) is 0 Å². The fourth-order valence-corrected chi connectivity index (χ4v) is 2.13. The van der Waals surface area contributed by atoms with Gasteiger partial charge in [-0.2, -0.15) is 0 Å². The number of Topliss-reactive ketones (excluding diaryl/α,β-unsaturated/α-hetero) is 1. The Morgan fingerprint density at radius 3 is 2.35 bits per heavy atom. The quantitative estimate of drug-likeness (QED) is 0.755. The molecule has 0 saturated heterocycles. The lowest BCUT2D eigenvalue weighted by Crippen LogP contribution is -2.07. The molecule has 0 aromatic heterocycles. The van der Waals surface area contributed by atoms with E-state index in [0.29, 0.717) is 6.42 Å². The molecule has 20 heavy (non-hydrogen) atoms. The fourth-order valence-electron chi connectivity index (χ4n) is 2.13. The average Bonchev–Trinajstić information content (AvgIpc) is 2.44. The summed E-state index contributed by atoms with van der Waals surface area (Å²) in [4.78, 5) is 12.0. The van der Waals surface area contributed by atoms with Crippen molar-refractivity contribution in [2.75, 3.05) is 0 Å². The van der Waals surface area contributed by atoms with E-state index in [-0.39, 0.29) is 23.3 Å². The first-order valence-corrected chi connectivity index (χ1v) is 6.53. The third-order valence-corrected chi connectivity index (χ3v) is 3.46. The summed E-state index contributed by atoms with van der Waals surface area (Å²) in [6.45, 7) is 3.44. The second-order valence-electron chi connectivity index (χ2n) is 4.91. The zero-order chi connectivity index (χ0) is 14.7. The van der Waals surface area contributed by atoms with Crippen molar-refractivity contribution >= 4 is 5.78 Å². The Labute approximate surface area is 117 Å². The lowest BCUT2D eigenvalue weighted by Gasteiger charge is -2.07. The highest BCUT2D eigenvalue weighted by Gasteiger charge is 2.17. The molecule has 1 nitrogen and oxygen atoms in total. The molecule has 0 aliphatic carbocycles. The van der Waals surface area contributed by atoms with Crippen LogP contribution in [0.2, 0.25) is 0 Å². The van der Waals surface area contributed by atoms with Gasteiger partial charge < -0.3 is 0 Å². The second-order valence-corrected chi connectivity index (χ2v) is 4.91. The van der Waals surface area contributed by atoms with Gasteiger partial charge in [-0.25, -0.2) is 8.78 Å². The van der Waals surface area contributed by atoms with Gasteiger partial charge >= 0.3 is 0 Å². The number of carbonyl (C=O) groups is 1. The van der Waals surface area contributed by atoms with Crippen LogP contribution in [-0.4, -0.2) is 5.78 Å². The lowest BCUT2D eigenvalue weighted by atomic mass is 9.99. The summed E-state index contributed by atoms with van der Waals surface area (Å²) < 4.78 is 27.2. The van der Waals surface area contributed by atoms with Gasteiger partial charge in [0.25, 0.3) is 0 Å². The van der Waals surface area contributed by atoms with Crippen LogP contribution in [0, 0.1) is 25.5 Å². The van der Waals surface area contributed by atoms with E-state index in [4.69, 9.17) is 0 Å². The number of hydrogen-bond acceptors (Lipinski definition) is 1. The highest BCUT2D eigenvalue weighted by molar-refractivity contribution is 5.96. The van der Waals surface area contributed by atoms with Gasteiger partial charge in [-0.3, -0.25) is 4.79 Å². The van der Waals surface area contributed by atoms with Crippen LogP contribution in [0.15, 0.2) is 36.4 Å². The van der Waals surface area contributed by atoms with E-state index in [1.807, 2.05) is 31.2 Å².